The Bertz CT molecular complexity index is 537. The Kier molecular flexibility index (Phi) is 4.26. The van der Waals surface area contributed by atoms with E-state index in [0.717, 1.165) is 25.7 Å². The highest BCUT2D eigenvalue weighted by molar-refractivity contribution is 5.13. The number of nitrogens with two attached hydrogens (primary N) is 1. The van der Waals surface area contributed by atoms with Crippen molar-refractivity contribution in [3.63, 3.8) is 0 Å². The molecule has 1 aromatic heterocycles. The second kappa shape index (κ2) is 6.15. The summed E-state index contributed by atoms with van der Waals surface area (Å²) in [7, 11) is 0. The predicted octanol–water partition coefficient (Wildman–Crippen LogP) is 1.07. The quantitative estimate of drug-likeness (QED) is 0.878. The number of aromatic nitrogens is 2. The lowest BCUT2D eigenvalue weighted by Gasteiger charge is -2.23. The Hall–Kier alpha value is -1.40. The first-order valence-corrected chi connectivity index (χ1v) is 7.79. The van der Waals surface area contributed by atoms with Crippen molar-refractivity contribution in [3.8, 4) is 5.75 Å². The summed E-state index contributed by atoms with van der Waals surface area (Å²) in [5.41, 5.74) is 5.31. The average molecular weight is 293 g/mol. The molecule has 1 saturated heterocycles. The Morgan fingerprint density at radius 3 is 2.95 bits per heavy atom. The molecule has 0 bridgehead atoms. The number of nitrogens with zero attached hydrogens (tertiary/aromatic N) is 2. The molecule has 2 fully saturated rings. The summed E-state index contributed by atoms with van der Waals surface area (Å²) in [6.45, 7) is 1.33. The highest BCUT2D eigenvalue weighted by Crippen LogP contribution is 2.43. The molecule has 2 heterocycles. The fourth-order valence-corrected chi connectivity index (χ4v) is 3.41. The van der Waals surface area contributed by atoms with Gasteiger partial charge in [0.15, 0.2) is 0 Å². The molecule has 0 aromatic carbocycles. The molecule has 6 heteroatoms. The first-order chi connectivity index (χ1) is 10.2. The summed E-state index contributed by atoms with van der Waals surface area (Å²) in [6.07, 6.45) is 8.65. The van der Waals surface area contributed by atoms with E-state index in [-0.39, 0.29) is 17.3 Å². The number of rotatable bonds is 5. The van der Waals surface area contributed by atoms with Crippen LogP contribution in [-0.4, -0.2) is 34.6 Å². The third-order valence-corrected chi connectivity index (χ3v) is 4.46. The standard InChI is InChI=1S/C15H23N3O3/c16-7-8-20-13-9-14(19)18(17-10-13)11-12-3-6-15(21-12)4-1-2-5-15/h9-10,12H,1-8,11,16H2. The third-order valence-electron chi connectivity index (χ3n) is 4.46. The van der Waals surface area contributed by atoms with Crippen LogP contribution in [0.1, 0.15) is 38.5 Å². The maximum Gasteiger partial charge on any atom is 0.270 e. The second-order valence-electron chi connectivity index (χ2n) is 6.02. The summed E-state index contributed by atoms with van der Waals surface area (Å²) in [5.74, 6) is 0.473. The zero-order chi connectivity index (χ0) is 14.7. The molecule has 21 heavy (non-hydrogen) atoms. The molecule has 2 aliphatic rings. The Labute approximate surface area is 124 Å². The fourth-order valence-electron chi connectivity index (χ4n) is 3.41. The van der Waals surface area contributed by atoms with E-state index in [4.69, 9.17) is 15.2 Å². The highest BCUT2D eigenvalue weighted by Gasteiger charge is 2.42. The Balaban J connectivity index is 1.61. The van der Waals surface area contributed by atoms with Crippen LogP contribution in [-0.2, 0) is 11.3 Å². The van der Waals surface area contributed by atoms with Crippen molar-refractivity contribution in [2.75, 3.05) is 13.2 Å². The number of ether oxygens (including phenoxy) is 2. The topological polar surface area (TPSA) is 79.4 Å². The van der Waals surface area contributed by atoms with Crippen LogP contribution in [0.5, 0.6) is 5.75 Å². The molecule has 1 aliphatic heterocycles. The molecule has 2 N–H and O–H groups in total. The van der Waals surface area contributed by atoms with Crippen LogP contribution in [0.4, 0.5) is 0 Å². The zero-order valence-electron chi connectivity index (χ0n) is 12.3. The lowest BCUT2D eigenvalue weighted by Crippen LogP contribution is -2.31. The van der Waals surface area contributed by atoms with Gasteiger partial charge in [-0.1, -0.05) is 12.8 Å². The van der Waals surface area contributed by atoms with Crippen molar-refractivity contribution in [1.29, 1.82) is 0 Å². The van der Waals surface area contributed by atoms with Gasteiger partial charge in [0, 0.05) is 12.6 Å². The van der Waals surface area contributed by atoms with Crippen LogP contribution in [0.2, 0.25) is 0 Å². The smallest absolute Gasteiger partial charge is 0.270 e. The van der Waals surface area contributed by atoms with E-state index in [1.807, 2.05) is 0 Å². The van der Waals surface area contributed by atoms with Gasteiger partial charge >= 0.3 is 0 Å². The normalized spacial score (nSPS) is 23.8. The minimum Gasteiger partial charge on any atom is -0.490 e. The minimum atomic E-state index is -0.152. The van der Waals surface area contributed by atoms with Crippen LogP contribution < -0.4 is 16.0 Å². The molecule has 1 aromatic rings. The molecule has 1 aliphatic carbocycles. The molecule has 1 atom stereocenters. The summed E-state index contributed by atoms with van der Waals surface area (Å²) < 4.78 is 13.0. The molecule has 6 nitrogen and oxygen atoms in total. The highest BCUT2D eigenvalue weighted by atomic mass is 16.5. The van der Waals surface area contributed by atoms with Crippen LogP contribution >= 0.6 is 0 Å². The molecule has 1 saturated carbocycles. The molecule has 3 rings (SSSR count). The van der Waals surface area contributed by atoms with Gasteiger partial charge in [-0.25, -0.2) is 4.68 Å². The van der Waals surface area contributed by atoms with Crippen LogP contribution in [0, 0.1) is 0 Å². The van der Waals surface area contributed by atoms with Gasteiger partial charge in [-0.05, 0) is 25.7 Å². The van der Waals surface area contributed by atoms with Crippen LogP contribution in [0.25, 0.3) is 0 Å². The van der Waals surface area contributed by atoms with Crippen LogP contribution in [0.15, 0.2) is 17.1 Å². The van der Waals surface area contributed by atoms with E-state index in [1.54, 1.807) is 6.20 Å². The Morgan fingerprint density at radius 1 is 1.43 bits per heavy atom. The molecular weight excluding hydrogens is 270 g/mol. The maximum absolute atomic E-state index is 12.0. The molecule has 116 valence electrons. The van der Waals surface area contributed by atoms with Crippen molar-refractivity contribution in [3.05, 3.63) is 22.6 Å². The zero-order valence-corrected chi connectivity index (χ0v) is 12.3. The van der Waals surface area contributed by atoms with Gasteiger partial charge in [0.05, 0.1) is 24.4 Å². The molecular formula is C15H23N3O3. The summed E-state index contributed by atoms with van der Waals surface area (Å²) in [4.78, 5) is 12.0. The van der Waals surface area contributed by atoms with Crippen molar-refractivity contribution >= 4 is 0 Å². The molecule has 1 unspecified atom stereocenters. The fraction of sp³-hybridized carbons (Fsp3) is 0.733. The largest absolute Gasteiger partial charge is 0.490 e. The van der Waals surface area contributed by atoms with E-state index in [1.165, 1.54) is 23.6 Å². The van der Waals surface area contributed by atoms with Crippen LogP contribution in [0.3, 0.4) is 0 Å². The van der Waals surface area contributed by atoms with Crippen molar-refractivity contribution in [2.45, 2.75) is 56.8 Å². The van der Waals surface area contributed by atoms with E-state index >= 15 is 0 Å². The summed E-state index contributed by atoms with van der Waals surface area (Å²) >= 11 is 0. The lowest BCUT2D eigenvalue weighted by molar-refractivity contribution is -0.0434. The monoisotopic (exact) mass is 293 g/mol. The average Bonchev–Trinajstić information content (AvgIpc) is 3.10. The van der Waals surface area contributed by atoms with Gasteiger partial charge in [0.2, 0.25) is 0 Å². The van der Waals surface area contributed by atoms with Gasteiger partial charge < -0.3 is 15.2 Å². The number of hydrogen-bond acceptors (Lipinski definition) is 5. The summed E-state index contributed by atoms with van der Waals surface area (Å²) in [6, 6.07) is 1.46. The SMILES string of the molecule is NCCOc1cnn(CC2CCC3(CCCC3)O2)c(=O)c1. The maximum atomic E-state index is 12.0. The first kappa shape index (κ1) is 14.5. The van der Waals surface area contributed by atoms with Gasteiger partial charge in [0.25, 0.3) is 5.56 Å². The minimum absolute atomic E-state index is 0.0957. The Morgan fingerprint density at radius 2 is 2.24 bits per heavy atom. The summed E-state index contributed by atoms with van der Waals surface area (Å²) in [5, 5.41) is 4.17. The molecule has 0 amide bonds. The first-order valence-electron chi connectivity index (χ1n) is 7.79. The van der Waals surface area contributed by atoms with Gasteiger partial charge in [0.1, 0.15) is 12.4 Å². The van der Waals surface area contributed by atoms with Gasteiger partial charge in [-0.3, -0.25) is 4.79 Å². The van der Waals surface area contributed by atoms with E-state index < -0.39 is 0 Å². The van der Waals surface area contributed by atoms with Crippen molar-refractivity contribution in [1.82, 2.24) is 9.78 Å². The van der Waals surface area contributed by atoms with Gasteiger partial charge in [-0.15, -0.1) is 0 Å². The van der Waals surface area contributed by atoms with E-state index in [2.05, 4.69) is 5.10 Å². The lowest BCUT2D eigenvalue weighted by atomic mass is 9.98. The second-order valence-corrected chi connectivity index (χ2v) is 6.02. The van der Waals surface area contributed by atoms with Gasteiger partial charge in [-0.2, -0.15) is 5.10 Å². The van der Waals surface area contributed by atoms with E-state index in [0.29, 0.717) is 25.4 Å². The van der Waals surface area contributed by atoms with Crippen molar-refractivity contribution in [2.24, 2.45) is 5.73 Å². The third kappa shape index (κ3) is 3.27. The predicted molar refractivity (Wildman–Crippen MR) is 78.4 cm³/mol. The molecule has 1 spiro atoms. The number of hydrogen-bond donors (Lipinski definition) is 1. The molecule has 0 radical (unpaired) electrons. The van der Waals surface area contributed by atoms with E-state index in [9.17, 15) is 4.79 Å². The van der Waals surface area contributed by atoms with Crippen molar-refractivity contribution < 1.29 is 9.47 Å².